The molecule has 21 heavy (non-hydrogen) atoms. The topological polar surface area (TPSA) is 80.7 Å². The van der Waals surface area contributed by atoms with E-state index in [1.54, 1.807) is 0 Å². The third-order valence-corrected chi connectivity index (χ3v) is 3.22. The number of carbonyl (C=O) groups is 1. The lowest BCUT2D eigenvalue weighted by Crippen LogP contribution is -2.14. The Kier molecular flexibility index (Phi) is 3.32. The minimum absolute atomic E-state index is 0.285. The Hall–Kier alpha value is -2.81. The molecular formula is C15H13FN4O. The summed E-state index contributed by atoms with van der Waals surface area (Å²) in [6.07, 6.45) is 3.56. The molecule has 1 aromatic carbocycles. The molecule has 5 nitrogen and oxygen atoms in total. The van der Waals surface area contributed by atoms with Crippen molar-refractivity contribution in [3.8, 4) is 6.07 Å². The monoisotopic (exact) mass is 284 g/mol. The van der Waals surface area contributed by atoms with E-state index >= 15 is 0 Å². The van der Waals surface area contributed by atoms with Crippen LogP contribution in [0.25, 0.3) is 0 Å². The summed E-state index contributed by atoms with van der Waals surface area (Å²) in [5, 5.41) is 14.6. The molecule has 1 heterocycles. The van der Waals surface area contributed by atoms with Crippen molar-refractivity contribution in [1.82, 2.24) is 4.98 Å². The van der Waals surface area contributed by atoms with Crippen LogP contribution in [0.3, 0.4) is 0 Å². The van der Waals surface area contributed by atoms with Crippen LogP contribution in [0.15, 0.2) is 30.5 Å². The number of rotatable bonds is 4. The molecule has 0 saturated heterocycles. The van der Waals surface area contributed by atoms with E-state index in [1.165, 1.54) is 30.5 Å². The summed E-state index contributed by atoms with van der Waals surface area (Å²) in [7, 11) is 0. The molecule has 1 aliphatic rings. The fourth-order valence-electron chi connectivity index (χ4n) is 1.97. The fraction of sp³-hybridized carbons (Fsp3) is 0.200. The van der Waals surface area contributed by atoms with Gasteiger partial charge in [0.25, 0.3) is 5.91 Å². The smallest absolute Gasteiger partial charge is 0.272 e. The lowest BCUT2D eigenvalue weighted by molar-refractivity contribution is 0.102. The number of amides is 1. The average molecular weight is 284 g/mol. The first-order chi connectivity index (χ1) is 10.2. The Morgan fingerprint density at radius 2 is 2.14 bits per heavy atom. The second-order valence-corrected chi connectivity index (χ2v) is 4.98. The van der Waals surface area contributed by atoms with Gasteiger partial charge < -0.3 is 15.6 Å². The minimum atomic E-state index is -0.373. The summed E-state index contributed by atoms with van der Waals surface area (Å²) >= 11 is 0. The number of nitriles is 1. The van der Waals surface area contributed by atoms with E-state index in [0.717, 1.165) is 12.8 Å². The molecule has 0 spiro atoms. The van der Waals surface area contributed by atoms with Crippen molar-refractivity contribution in [3.05, 3.63) is 47.5 Å². The highest BCUT2D eigenvalue weighted by molar-refractivity contribution is 6.05. The molecule has 1 aliphatic carbocycles. The summed E-state index contributed by atoms with van der Waals surface area (Å²) in [5.74, 6) is -0.732. The van der Waals surface area contributed by atoms with Crippen LogP contribution in [0, 0.1) is 17.1 Å². The van der Waals surface area contributed by atoms with Gasteiger partial charge in [0.2, 0.25) is 0 Å². The van der Waals surface area contributed by atoms with E-state index in [2.05, 4.69) is 15.6 Å². The Balaban J connectivity index is 1.80. The first-order valence-electron chi connectivity index (χ1n) is 6.61. The number of aromatic nitrogens is 1. The summed E-state index contributed by atoms with van der Waals surface area (Å²) in [5.41, 5.74) is 1.75. The maximum atomic E-state index is 13.3. The molecule has 3 rings (SSSR count). The normalized spacial score (nSPS) is 13.5. The highest BCUT2D eigenvalue weighted by atomic mass is 19.1. The van der Waals surface area contributed by atoms with Crippen LogP contribution in [0.5, 0.6) is 0 Å². The largest absolute Gasteiger partial charge is 0.381 e. The molecule has 106 valence electrons. The van der Waals surface area contributed by atoms with E-state index in [4.69, 9.17) is 5.26 Å². The van der Waals surface area contributed by atoms with Crippen molar-refractivity contribution in [3.63, 3.8) is 0 Å². The SMILES string of the molecule is N#Cc1c[nH]c(C(=O)Nc2ccc(F)cc2NC2CC2)c1. The molecule has 1 amide bonds. The van der Waals surface area contributed by atoms with Crippen molar-refractivity contribution in [2.24, 2.45) is 0 Å². The second kappa shape index (κ2) is 5.29. The van der Waals surface area contributed by atoms with Crippen LogP contribution >= 0.6 is 0 Å². The second-order valence-electron chi connectivity index (χ2n) is 4.98. The fourth-order valence-corrected chi connectivity index (χ4v) is 1.97. The number of aromatic amines is 1. The highest BCUT2D eigenvalue weighted by Crippen LogP contribution is 2.30. The first-order valence-corrected chi connectivity index (χ1v) is 6.61. The van der Waals surface area contributed by atoms with Gasteiger partial charge in [0.1, 0.15) is 17.6 Å². The third kappa shape index (κ3) is 3.03. The molecule has 0 radical (unpaired) electrons. The maximum absolute atomic E-state index is 13.3. The lowest BCUT2D eigenvalue weighted by atomic mass is 10.2. The number of halogens is 1. The van der Waals surface area contributed by atoms with Crippen molar-refractivity contribution in [1.29, 1.82) is 5.26 Å². The predicted octanol–water partition coefficient (Wildman–Crippen LogP) is 2.85. The number of nitrogens with zero attached hydrogens (tertiary/aromatic N) is 1. The van der Waals surface area contributed by atoms with Gasteiger partial charge in [-0.25, -0.2) is 4.39 Å². The number of hydrogen-bond acceptors (Lipinski definition) is 3. The molecule has 1 fully saturated rings. The number of hydrogen-bond donors (Lipinski definition) is 3. The number of benzene rings is 1. The molecule has 2 aromatic rings. The van der Waals surface area contributed by atoms with Gasteiger partial charge >= 0.3 is 0 Å². The first kappa shape index (κ1) is 13.2. The van der Waals surface area contributed by atoms with Crippen molar-refractivity contribution in [2.45, 2.75) is 18.9 Å². The molecule has 3 N–H and O–H groups in total. The van der Waals surface area contributed by atoms with E-state index < -0.39 is 0 Å². The van der Waals surface area contributed by atoms with Gasteiger partial charge in [-0.15, -0.1) is 0 Å². The summed E-state index contributed by atoms with van der Waals surface area (Å²) in [6, 6.07) is 7.94. The zero-order chi connectivity index (χ0) is 14.8. The number of nitrogens with one attached hydrogen (secondary N) is 3. The van der Waals surface area contributed by atoms with Gasteiger partial charge in [-0.1, -0.05) is 0 Å². The quantitative estimate of drug-likeness (QED) is 0.807. The molecule has 1 aromatic heterocycles. The van der Waals surface area contributed by atoms with E-state index in [0.29, 0.717) is 23.0 Å². The molecule has 0 bridgehead atoms. The van der Waals surface area contributed by atoms with Gasteiger partial charge in [-0.2, -0.15) is 5.26 Å². The van der Waals surface area contributed by atoms with Gasteiger partial charge in [0.05, 0.1) is 16.9 Å². The Bertz CT molecular complexity index is 728. The number of anilines is 2. The maximum Gasteiger partial charge on any atom is 0.272 e. The van der Waals surface area contributed by atoms with Crippen LogP contribution in [0.4, 0.5) is 15.8 Å². The van der Waals surface area contributed by atoms with Crippen molar-refractivity contribution >= 4 is 17.3 Å². The zero-order valence-electron chi connectivity index (χ0n) is 11.1. The van der Waals surface area contributed by atoms with Gasteiger partial charge in [-0.3, -0.25) is 4.79 Å². The number of H-pyrrole nitrogens is 1. The zero-order valence-corrected chi connectivity index (χ0v) is 11.1. The Morgan fingerprint density at radius 1 is 1.33 bits per heavy atom. The molecular weight excluding hydrogens is 271 g/mol. The molecule has 6 heteroatoms. The summed E-state index contributed by atoms with van der Waals surface area (Å²) in [6.45, 7) is 0. The van der Waals surface area contributed by atoms with Crippen LogP contribution < -0.4 is 10.6 Å². The summed E-state index contributed by atoms with van der Waals surface area (Å²) < 4.78 is 13.3. The number of carbonyl (C=O) groups excluding carboxylic acids is 1. The van der Waals surface area contributed by atoms with Crippen LogP contribution in [-0.4, -0.2) is 16.9 Å². The van der Waals surface area contributed by atoms with Crippen molar-refractivity contribution < 1.29 is 9.18 Å². The van der Waals surface area contributed by atoms with Crippen LogP contribution in [0.2, 0.25) is 0 Å². The van der Waals surface area contributed by atoms with E-state index in [1.807, 2.05) is 6.07 Å². The highest BCUT2D eigenvalue weighted by Gasteiger charge is 2.22. The standard InChI is InChI=1S/C15H13FN4O/c16-10-1-4-12(13(6-10)19-11-2-3-11)20-15(21)14-5-9(7-17)8-18-14/h1,4-6,8,11,18-19H,2-3H2,(H,20,21). The van der Waals surface area contributed by atoms with E-state index in [-0.39, 0.29) is 17.4 Å². The van der Waals surface area contributed by atoms with Crippen molar-refractivity contribution in [2.75, 3.05) is 10.6 Å². The third-order valence-electron chi connectivity index (χ3n) is 3.22. The van der Waals surface area contributed by atoms with Gasteiger partial charge in [-0.05, 0) is 37.1 Å². The van der Waals surface area contributed by atoms with Gasteiger partial charge in [0.15, 0.2) is 0 Å². The predicted molar refractivity (Wildman–Crippen MR) is 76.5 cm³/mol. The average Bonchev–Trinajstić information content (AvgIpc) is 3.15. The van der Waals surface area contributed by atoms with Crippen LogP contribution in [-0.2, 0) is 0 Å². The summed E-state index contributed by atoms with van der Waals surface area (Å²) in [4.78, 5) is 14.8. The molecule has 0 unspecified atom stereocenters. The van der Waals surface area contributed by atoms with E-state index in [9.17, 15) is 9.18 Å². The molecule has 0 aliphatic heterocycles. The molecule has 0 atom stereocenters. The lowest BCUT2D eigenvalue weighted by Gasteiger charge is -2.12. The molecule has 1 saturated carbocycles. The van der Waals surface area contributed by atoms with Crippen LogP contribution in [0.1, 0.15) is 28.9 Å². The van der Waals surface area contributed by atoms with Gasteiger partial charge in [0, 0.05) is 12.2 Å². The minimum Gasteiger partial charge on any atom is -0.381 e. The Morgan fingerprint density at radius 3 is 2.81 bits per heavy atom. The Labute approximate surface area is 120 Å².